The first-order chi connectivity index (χ1) is 13.9. The molecular weight excluding hydrogens is 372 g/mol. The van der Waals surface area contributed by atoms with Gasteiger partial charge in [0.1, 0.15) is 0 Å². The molecule has 0 aliphatic rings. The Bertz CT molecular complexity index is 899. The van der Waals surface area contributed by atoms with Gasteiger partial charge in [0, 0.05) is 5.92 Å². The zero-order valence-electron chi connectivity index (χ0n) is 22.7. The van der Waals surface area contributed by atoms with E-state index in [0.717, 1.165) is 6.42 Å². The minimum absolute atomic E-state index is 0.0776. The maximum Gasteiger partial charge on any atom is 0.00898 e. The first-order valence-electron chi connectivity index (χ1n) is 12.2. The van der Waals surface area contributed by atoms with Crippen LogP contribution in [0.5, 0.6) is 0 Å². The summed E-state index contributed by atoms with van der Waals surface area (Å²) < 4.78 is 0. The van der Waals surface area contributed by atoms with Crippen LogP contribution in [0.2, 0.25) is 0 Å². The van der Waals surface area contributed by atoms with Gasteiger partial charge in [0.15, 0.2) is 0 Å². The third-order valence-electron chi connectivity index (χ3n) is 6.48. The zero-order valence-corrected chi connectivity index (χ0v) is 22.7. The Morgan fingerprint density at radius 2 is 1.16 bits per heavy atom. The van der Waals surface area contributed by atoms with Crippen LogP contribution in [-0.4, -0.2) is 0 Å². The van der Waals surface area contributed by atoms with E-state index in [4.69, 9.17) is 0 Å². The Hall–Kier alpha value is -1.56. The molecule has 0 saturated carbocycles. The molecule has 0 saturated heterocycles. The van der Waals surface area contributed by atoms with Gasteiger partial charge in [0.2, 0.25) is 0 Å². The Morgan fingerprint density at radius 1 is 0.613 bits per heavy atom. The molecular formula is C31H48. The summed E-state index contributed by atoms with van der Waals surface area (Å²) in [6.45, 7) is 30.7. The van der Waals surface area contributed by atoms with E-state index in [1.165, 1.54) is 22.3 Å². The number of hydrogen-bond acceptors (Lipinski definition) is 0. The smallest absolute Gasteiger partial charge is 0.00898 e. The van der Waals surface area contributed by atoms with Crippen LogP contribution in [0.3, 0.4) is 0 Å². The predicted molar refractivity (Wildman–Crippen MR) is 140 cm³/mol. The van der Waals surface area contributed by atoms with Gasteiger partial charge in [-0.15, -0.1) is 0 Å². The average molecular weight is 421 g/mol. The van der Waals surface area contributed by atoms with Gasteiger partial charge in [-0.25, -0.2) is 0 Å². The van der Waals surface area contributed by atoms with Crippen molar-refractivity contribution in [3.8, 4) is 0 Å². The summed E-state index contributed by atoms with van der Waals surface area (Å²) >= 11 is 0. The van der Waals surface area contributed by atoms with Crippen LogP contribution in [-0.2, 0) is 21.7 Å². The summed E-state index contributed by atoms with van der Waals surface area (Å²) in [5.41, 5.74) is 9.43. The zero-order chi connectivity index (χ0) is 24.0. The molecule has 0 fully saturated rings. The van der Waals surface area contributed by atoms with Crippen LogP contribution in [0.4, 0.5) is 0 Å². The lowest BCUT2D eigenvalue weighted by molar-refractivity contribution is 0.491. The molecule has 2 aromatic carbocycles. The van der Waals surface area contributed by atoms with Crippen LogP contribution in [0.15, 0.2) is 36.4 Å². The van der Waals surface area contributed by atoms with E-state index in [1.807, 2.05) is 0 Å². The van der Waals surface area contributed by atoms with E-state index < -0.39 is 0 Å². The largest absolute Gasteiger partial charge is 0.0645 e. The van der Waals surface area contributed by atoms with Crippen molar-refractivity contribution in [1.82, 2.24) is 0 Å². The lowest BCUT2D eigenvalue weighted by atomic mass is 9.65. The lowest BCUT2D eigenvalue weighted by Gasteiger charge is -2.39. The van der Waals surface area contributed by atoms with Crippen LogP contribution < -0.4 is 0 Å². The number of benzene rings is 2. The SMILES string of the molecule is CCC(c1cccc(C(C)(C)C)c1)c1ccc(C(C)(C)C)c(C(C)(C)C)c1C(C)(C)C. The van der Waals surface area contributed by atoms with Gasteiger partial charge < -0.3 is 0 Å². The highest BCUT2D eigenvalue weighted by Crippen LogP contribution is 2.46. The van der Waals surface area contributed by atoms with Gasteiger partial charge in [0.25, 0.3) is 0 Å². The molecule has 2 rings (SSSR count). The fourth-order valence-electron chi connectivity index (χ4n) is 4.98. The third-order valence-corrected chi connectivity index (χ3v) is 6.48. The molecule has 0 heterocycles. The van der Waals surface area contributed by atoms with E-state index in [0.29, 0.717) is 5.92 Å². The van der Waals surface area contributed by atoms with Crippen LogP contribution in [0.1, 0.15) is 136 Å². The second kappa shape index (κ2) is 8.42. The molecule has 0 nitrogen and oxygen atoms in total. The Morgan fingerprint density at radius 3 is 1.58 bits per heavy atom. The van der Waals surface area contributed by atoms with E-state index in [1.54, 1.807) is 11.1 Å². The van der Waals surface area contributed by atoms with Crippen LogP contribution in [0, 0.1) is 0 Å². The highest BCUT2D eigenvalue weighted by Gasteiger charge is 2.35. The minimum Gasteiger partial charge on any atom is -0.0645 e. The maximum absolute atomic E-state index is 2.45. The Kier molecular flexibility index (Phi) is 6.98. The Labute approximate surface area is 193 Å². The van der Waals surface area contributed by atoms with Gasteiger partial charge in [-0.2, -0.15) is 0 Å². The molecule has 0 heteroatoms. The molecule has 1 unspecified atom stereocenters. The molecule has 0 spiro atoms. The summed E-state index contributed by atoms with van der Waals surface area (Å²) in [4.78, 5) is 0. The lowest BCUT2D eigenvalue weighted by Crippen LogP contribution is -2.30. The molecule has 0 radical (unpaired) electrons. The van der Waals surface area contributed by atoms with Gasteiger partial charge >= 0.3 is 0 Å². The summed E-state index contributed by atoms with van der Waals surface area (Å²) in [5, 5.41) is 0. The van der Waals surface area contributed by atoms with E-state index >= 15 is 0 Å². The number of hydrogen-bond donors (Lipinski definition) is 0. The van der Waals surface area contributed by atoms with Crippen molar-refractivity contribution in [2.45, 2.75) is 124 Å². The van der Waals surface area contributed by atoms with Crippen molar-refractivity contribution in [2.75, 3.05) is 0 Å². The molecule has 0 aliphatic carbocycles. The van der Waals surface area contributed by atoms with Gasteiger partial charge in [-0.3, -0.25) is 0 Å². The average Bonchev–Trinajstić information content (AvgIpc) is 2.59. The molecule has 0 aliphatic heterocycles. The van der Waals surface area contributed by atoms with Crippen LogP contribution in [0.25, 0.3) is 0 Å². The molecule has 0 aromatic heterocycles. The second-order valence-electron chi connectivity index (χ2n) is 13.5. The molecule has 0 amide bonds. The van der Waals surface area contributed by atoms with E-state index in [9.17, 15) is 0 Å². The summed E-state index contributed by atoms with van der Waals surface area (Å²) in [6, 6.07) is 14.2. The summed E-state index contributed by atoms with van der Waals surface area (Å²) in [5.74, 6) is 0.409. The molecule has 0 N–H and O–H groups in total. The fraction of sp³-hybridized carbons (Fsp3) is 0.613. The molecule has 2 aromatic rings. The highest BCUT2D eigenvalue weighted by atomic mass is 14.4. The van der Waals surface area contributed by atoms with Gasteiger partial charge in [-0.05, 0) is 61.5 Å². The van der Waals surface area contributed by atoms with E-state index in [2.05, 4.69) is 126 Å². The number of rotatable bonds is 3. The van der Waals surface area contributed by atoms with Crippen molar-refractivity contribution >= 4 is 0 Å². The first kappa shape index (κ1) is 25.7. The topological polar surface area (TPSA) is 0 Å². The quantitative estimate of drug-likeness (QED) is 0.464. The molecule has 0 bridgehead atoms. The second-order valence-corrected chi connectivity index (χ2v) is 13.5. The fourth-order valence-corrected chi connectivity index (χ4v) is 4.98. The predicted octanol–water partition coefficient (Wildman–Crippen LogP) is 9.42. The Balaban J connectivity index is 2.90. The maximum atomic E-state index is 2.45. The molecule has 1 atom stereocenters. The standard InChI is InChI=1S/C31H48/c1-14-23(21-16-15-17-22(20-21)28(2,3)4)24-18-19-25(29(5,6)7)27(31(11,12)13)26(24)30(8,9)10/h15-20,23H,14H2,1-13H3. The first-order valence-corrected chi connectivity index (χ1v) is 12.2. The summed E-state index contributed by atoms with van der Waals surface area (Å²) in [7, 11) is 0. The monoisotopic (exact) mass is 420 g/mol. The molecule has 172 valence electrons. The minimum atomic E-state index is 0.0776. The van der Waals surface area contributed by atoms with Crippen molar-refractivity contribution in [1.29, 1.82) is 0 Å². The highest BCUT2D eigenvalue weighted by molar-refractivity contribution is 5.54. The summed E-state index contributed by atoms with van der Waals surface area (Å²) in [6.07, 6.45) is 1.11. The van der Waals surface area contributed by atoms with Crippen molar-refractivity contribution in [2.24, 2.45) is 0 Å². The third kappa shape index (κ3) is 5.63. The van der Waals surface area contributed by atoms with Crippen molar-refractivity contribution < 1.29 is 0 Å². The van der Waals surface area contributed by atoms with Gasteiger partial charge in [-0.1, -0.05) is 126 Å². The van der Waals surface area contributed by atoms with Crippen molar-refractivity contribution in [3.05, 3.63) is 69.8 Å². The van der Waals surface area contributed by atoms with Crippen molar-refractivity contribution in [3.63, 3.8) is 0 Å². The molecule has 31 heavy (non-hydrogen) atoms. The van der Waals surface area contributed by atoms with E-state index in [-0.39, 0.29) is 21.7 Å². The van der Waals surface area contributed by atoms with Gasteiger partial charge in [0.05, 0.1) is 0 Å². The van der Waals surface area contributed by atoms with Crippen LogP contribution >= 0.6 is 0 Å². The normalized spacial score (nSPS) is 14.6.